The Morgan fingerprint density at radius 3 is 2.30 bits per heavy atom. The lowest BCUT2D eigenvalue weighted by Crippen LogP contribution is -2.28. The molecular formula is C22H31N3O2. The van der Waals surface area contributed by atoms with E-state index in [1.54, 1.807) is 6.07 Å². The molecular weight excluding hydrogens is 338 g/mol. The molecule has 27 heavy (non-hydrogen) atoms. The Hall–Kier alpha value is -2.24. The zero-order valence-electron chi connectivity index (χ0n) is 16.2. The van der Waals surface area contributed by atoms with Crippen LogP contribution >= 0.6 is 0 Å². The van der Waals surface area contributed by atoms with Crippen molar-refractivity contribution in [3.05, 3.63) is 53.1 Å². The molecule has 2 aromatic rings. The first kappa shape index (κ1) is 19.5. The molecule has 1 unspecified atom stereocenters. The van der Waals surface area contributed by atoms with E-state index in [2.05, 4.69) is 22.8 Å². The number of rotatable bonds is 6. The monoisotopic (exact) mass is 369 g/mol. The van der Waals surface area contributed by atoms with Gasteiger partial charge in [0, 0.05) is 17.3 Å². The van der Waals surface area contributed by atoms with Gasteiger partial charge in [0.05, 0.1) is 0 Å². The fraction of sp³-hybridized carbons (Fsp3) is 0.455. The number of nitrogens with one attached hydrogen (secondary N) is 2. The molecule has 0 bridgehead atoms. The molecule has 1 aliphatic heterocycles. The zero-order valence-corrected chi connectivity index (χ0v) is 16.2. The van der Waals surface area contributed by atoms with Crippen molar-refractivity contribution in [3.63, 3.8) is 0 Å². The molecule has 5 heteroatoms. The molecule has 1 heterocycles. The molecule has 2 aromatic carbocycles. The second-order valence-corrected chi connectivity index (χ2v) is 7.84. The van der Waals surface area contributed by atoms with Crippen molar-refractivity contribution in [3.8, 4) is 11.5 Å². The van der Waals surface area contributed by atoms with Gasteiger partial charge in [0.1, 0.15) is 17.7 Å². The third-order valence-corrected chi connectivity index (χ3v) is 5.39. The Bertz CT molecular complexity index is 753. The normalized spacial score (nSPS) is 16.4. The zero-order chi connectivity index (χ0) is 19.4. The highest BCUT2D eigenvalue weighted by molar-refractivity contribution is 5.52. The topological polar surface area (TPSA) is 90.5 Å². The van der Waals surface area contributed by atoms with Crippen LogP contribution in [-0.2, 0) is 6.42 Å². The Balaban J connectivity index is 1.67. The molecule has 1 saturated heterocycles. The summed E-state index contributed by atoms with van der Waals surface area (Å²) in [5.41, 5.74) is 9.88. The van der Waals surface area contributed by atoms with Crippen LogP contribution in [-0.4, -0.2) is 23.3 Å². The van der Waals surface area contributed by atoms with E-state index < -0.39 is 6.17 Å². The van der Waals surface area contributed by atoms with Gasteiger partial charge in [-0.1, -0.05) is 26.0 Å². The van der Waals surface area contributed by atoms with Crippen LogP contribution in [0.3, 0.4) is 0 Å². The number of hydrogen-bond donors (Lipinski definition) is 5. The molecule has 5 nitrogen and oxygen atoms in total. The van der Waals surface area contributed by atoms with E-state index in [1.807, 2.05) is 26.0 Å². The largest absolute Gasteiger partial charge is 0.508 e. The van der Waals surface area contributed by atoms with Gasteiger partial charge in [0.15, 0.2) is 0 Å². The van der Waals surface area contributed by atoms with Crippen molar-refractivity contribution in [1.82, 2.24) is 5.32 Å². The molecule has 0 aliphatic carbocycles. The Morgan fingerprint density at radius 2 is 1.67 bits per heavy atom. The number of nitrogens with two attached hydrogens (primary N) is 1. The number of benzene rings is 2. The molecule has 0 aromatic heterocycles. The highest BCUT2D eigenvalue weighted by Gasteiger charge is 2.17. The summed E-state index contributed by atoms with van der Waals surface area (Å²) in [6, 6.07) is 11.5. The summed E-state index contributed by atoms with van der Waals surface area (Å²) in [6.45, 7) is 6.23. The van der Waals surface area contributed by atoms with E-state index in [0.717, 1.165) is 36.7 Å². The van der Waals surface area contributed by atoms with Crippen LogP contribution < -0.4 is 16.4 Å². The summed E-state index contributed by atoms with van der Waals surface area (Å²) in [5, 5.41) is 26.8. The quantitative estimate of drug-likeness (QED) is 0.499. The van der Waals surface area contributed by atoms with Crippen LogP contribution in [0.1, 0.15) is 55.5 Å². The first-order valence-electron chi connectivity index (χ1n) is 9.81. The van der Waals surface area contributed by atoms with Gasteiger partial charge >= 0.3 is 0 Å². The van der Waals surface area contributed by atoms with Gasteiger partial charge in [-0.3, -0.25) is 0 Å². The fourth-order valence-corrected chi connectivity index (χ4v) is 3.74. The van der Waals surface area contributed by atoms with E-state index in [4.69, 9.17) is 5.73 Å². The van der Waals surface area contributed by atoms with Gasteiger partial charge in [-0.25, -0.2) is 0 Å². The van der Waals surface area contributed by atoms with Crippen LogP contribution in [0.4, 0.5) is 5.69 Å². The minimum absolute atomic E-state index is 0.000530. The van der Waals surface area contributed by atoms with Crippen LogP contribution in [0.2, 0.25) is 0 Å². The summed E-state index contributed by atoms with van der Waals surface area (Å²) < 4.78 is 0. The molecule has 0 saturated carbocycles. The van der Waals surface area contributed by atoms with Gasteiger partial charge in [0.2, 0.25) is 0 Å². The van der Waals surface area contributed by atoms with Crippen LogP contribution in [0.15, 0.2) is 36.4 Å². The third kappa shape index (κ3) is 4.93. The van der Waals surface area contributed by atoms with Crippen molar-refractivity contribution in [2.75, 3.05) is 18.4 Å². The van der Waals surface area contributed by atoms with Gasteiger partial charge in [-0.15, -0.1) is 0 Å². The molecule has 0 amide bonds. The number of piperidine rings is 1. The first-order valence-corrected chi connectivity index (χ1v) is 9.81. The average Bonchev–Trinajstić information content (AvgIpc) is 2.64. The van der Waals surface area contributed by atoms with Gasteiger partial charge < -0.3 is 26.6 Å². The predicted octanol–water partition coefficient (Wildman–Crippen LogP) is 3.83. The number of phenolic OH excluding ortho intramolecular Hbond substituents is 2. The lowest BCUT2D eigenvalue weighted by atomic mass is 9.91. The fourth-order valence-electron chi connectivity index (χ4n) is 3.74. The van der Waals surface area contributed by atoms with Crippen molar-refractivity contribution in [1.29, 1.82) is 0 Å². The van der Waals surface area contributed by atoms with Crippen molar-refractivity contribution < 1.29 is 10.2 Å². The number of hydrogen-bond acceptors (Lipinski definition) is 5. The van der Waals surface area contributed by atoms with Gasteiger partial charge in [-0.2, -0.15) is 0 Å². The lowest BCUT2D eigenvalue weighted by molar-refractivity contribution is 0.372. The molecule has 0 spiro atoms. The summed E-state index contributed by atoms with van der Waals surface area (Å²) in [5.74, 6) is 1.00. The molecule has 146 valence electrons. The highest BCUT2D eigenvalue weighted by Crippen LogP contribution is 2.34. The first-order chi connectivity index (χ1) is 12.9. The number of aromatic hydroxyl groups is 2. The Morgan fingerprint density at radius 1 is 1.04 bits per heavy atom. The summed E-state index contributed by atoms with van der Waals surface area (Å²) in [7, 11) is 0. The summed E-state index contributed by atoms with van der Waals surface area (Å²) in [4.78, 5) is 0. The van der Waals surface area contributed by atoms with E-state index in [0.29, 0.717) is 5.56 Å². The maximum atomic E-state index is 10.2. The van der Waals surface area contributed by atoms with Crippen LogP contribution in [0.25, 0.3) is 0 Å². The SMILES string of the molecule is CC(C)c1cc(C(N)Nc2ccc(CC3CCNCC3)cc2)c(O)cc1O. The molecule has 1 fully saturated rings. The second-order valence-electron chi connectivity index (χ2n) is 7.84. The van der Waals surface area contributed by atoms with E-state index in [9.17, 15) is 10.2 Å². The smallest absolute Gasteiger partial charge is 0.125 e. The average molecular weight is 370 g/mol. The standard InChI is InChI=1S/C22H31N3O2/c1-14(2)18-12-19(21(27)13-20(18)26)22(23)25-17-5-3-15(4-6-17)11-16-7-9-24-10-8-16/h3-6,12-14,16,22,24-27H,7-11,23H2,1-2H3. The van der Waals surface area contributed by atoms with Gasteiger partial charge in [0.25, 0.3) is 0 Å². The van der Waals surface area contributed by atoms with Crippen molar-refractivity contribution in [2.24, 2.45) is 11.7 Å². The minimum atomic E-state index is -0.557. The van der Waals surface area contributed by atoms with Crippen molar-refractivity contribution >= 4 is 5.69 Å². The predicted molar refractivity (Wildman–Crippen MR) is 110 cm³/mol. The Labute approximate surface area is 161 Å². The minimum Gasteiger partial charge on any atom is -0.508 e. The summed E-state index contributed by atoms with van der Waals surface area (Å²) in [6.07, 6.45) is 3.04. The second kappa shape index (κ2) is 8.63. The molecule has 1 atom stereocenters. The maximum absolute atomic E-state index is 10.2. The lowest BCUT2D eigenvalue weighted by Gasteiger charge is -2.23. The Kier molecular flexibility index (Phi) is 6.24. The molecule has 6 N–H and O–H groups in total. The van der Waals surface area contributed by atoms with Crippen molar-refractivity contribution in [2.45, 2.75) is 45.2 Å². The van der Waals surface area contributed by atoms with E-state index in [1.165, 1.54) is 24.5 Å². The van der Waals surface area contributed by atoms with E-state index in [-0.39, 0.29) is 17.4 Å². The molecule has 1 aliphatic rings. The van der Waals surface area contributed by atoms with Crippen LogP contribution in [0.5, 0.6) is 11.5 Å². The molecule has 0 radical (unpaired) electrons. The molecule has 3 rings (SSSR count). The van der Waals surface area contributed by atoms with Crippen LogP contribution in [0, 0.1) is 5.92 Å². The highest BCUT2D eigenvalue weighted by atomic mass is 16.3. The number of phenols is 2. The van der Waals surface area contributed by atoms with E-state index >= 15 is 0 Å². The maximum Gasteiger partial charge on any atom is 0.125 e. The van der Waals surface area contributed by atoms with Gasteiger partial charge in [-0.05, 0) is 73.5 Å². The summed E-state index contributed by atoms with van der Waals surface area (Å²) >= 11 is 0. The number of anilines is 1. The third-order valence-electron chi connectivity index (χ3n) is 5.39.